The number of carbonyl (C=O) groups is 1. The van der Waals surface area contributed by atoms with Crippen LogP contribution in [0, 0.1) is 5.92 Å². The monoisotopic (exact) mass is 370 g/mol. The van der Waals surface area contributed by atoms with E-state index in [1.165, 1.54) is 5.69 Å². The molecule has 6 heteroatoms. The summed E-state index contributed by atoms with van der Waals surface area (Å²) in [5, 5.41) is 3.09. The predicted molar refractivity (Wildman–Crippen MR) is 108 cm³/mol. The summed E-state index contributed by atoms with van der Waals surface area (Å²) >= 11 is 0. The van der Waals surface area contributed by atoms with E-state index in [4.69, 9.17) is 4.74 Å². The molecule has 0 unspecified atom stereocenters. The molecular formula is C21H30N4O2. The minimum absolute atomic E-state index is 0.0147. The number of nitrogens with zero attached hydrogens (tertiary/aromatic N) is 3. The van der Waals surface area contributed by atoms with Crippen LogP contribution >= 0.6 is 0 Å². The second-order valence-electron chi connectivity index (χ2n) is 7.19. The Morgan fingerprint density at radius 1 is 1.37 bits per heavy atom. The number of nitrogens with one attached hydrogen (secondary N) is 1. The lowest BCUT2D eigenvalue weighted by Gasteiger charge is -2.21. The first kappa shape index (κ1) is 19.1. The second kappa shape index (κ2) is 8.84. The molecule has 27 heavy (non-hydrogen) atoms. The van der Waals surface area contributed by atoms with Crippen molar-refractivity contribution in [1.29, 1.82) is 0 Å². The first-order chi connectivity index (χ1) is 13.1. The number of benzene rings is 1. The minimum Gasteiger partial charge on any atom is -0.497 e. The van der Waals surface area contributed by atoms with Gasteiger partial charge >= 0.3 is 6.03 Å². The number of amides is 2. The maximum absolute atomic E-state index is 12.4. The molecule has 3 rings (SSSR count). The standard InChI is InChI=1S/C21H30N4O2/c1-4-24-10-8-18(15-24)14-23(2)21(26)22-13-17-9-11-25(16-17)19-6-5-7-20(12-19)27-3/h5-8,10,12,15,17H,4,9,11,13-14,16H2,1-3H3,(H,22,26)/t17-/m0/s1. The molecule has 2 heterocycles. The Labute approximate surface area is 161 Å². The molecule has 0 radical (unpaired) electrons. The molecule has 1 saturated heterocycles. The van der Waals surface area contributed by atoms with Gasteiger partial charge in [-0.2, -0.15) is 0 Å². The molecule has 2 aromatic rings. The molecule has 0 aliphatic carbocycles. The Morgan fingerprint density at radius 3 is 2.96 bits per heavy atom. The fraction of sp³-hybridized carbons (Fsp3) is 0.476. The molecule has 1 aromatic heterocycles. The van der Waals surface area contributed by atoms with Gasteiger partial charge in [0.15, 0.2) is 0 Å². The largest absolute Gasteiger partial charge is 0.497 e. The highest BCUT2D eigenvalue weighted by Crippen LogP contribution is 2.26. The quantitative estimate of drug-likeness (QED) is 0.814. The number of aromatic nitrogens is 1. The van der Waals surface area contributed by atoms with E-state index in [1.807, 2.05) is 25.4 Å². The third-order valence-corrected chi connectivity index (χ3v) is 5.19. The number of hydrogen-bond donors (Lipinski definition) is 1. The molecule has 146 valence electrons. The summed E-state index contributed by atoms with van der Waals surface area (Å²) in [4.78, 5) is 16.5. The molecule has 1 atom stereocenters. The predicted octanol–water partition coefficient (Wildman–Crippen LogP) is 3.18. The number of anilines is 1. The van der Waals surface area contributed by atoms with Crippen molar-refractivity contribution in [1.82, 2.24) is 14.8 Å². The molecule has 1 aliphatic heterocycles. The van der Waals surface area contributed by atoms with Crippen molar-refractivity contribution in [3.8, 4) is 5.75 Å². The third kappa shape index (κ3) is 4.96. The van der Waals surface area contributed by atoms with Crippen molar-refractivity contribution in [2.24, 2.45) is 5.92 Å². The number of ether oxygens (including phenoxy) is 1. The van der Waals surface area contributed by atoms with E-state index in [2.05, 4.69) is 46.1 Å². The first-order valence-electron chi connectivity index (χ1n) is 9.61. The summed E-state index contributed by atoms with van der Waals surface area (Å²) in [7, 11) is 3.53. The lowest BCUT2D eigenvalue weighted by molar-refractivity contribution is 0.205. The van der Waals surface area contributed by atoms with Crippen molar-refractivity contribution < 1.29 is 9.53 Å². The molecule has 0 spiro atoms. The van der Waals surface area contributed by atoms with Gasteiger partial charge in [0.1, 0.15) is 5.75 Å². The van der Waals surface area contributed by atoms with Crippen LogP contribution in [0.25, 0.3) is 0 Å². The van der Waals surface area contributed by atoms with E-state index in [0.717, 1.165) is 37.4 Å². The average Bonchev–Trinajstić information content (AvgIpc) is 3.35. The smallest absolute Gasteiger partial charge is 0.317 e. The lowest BCUT2D eigenvalue weighted by atomic mass is 10.1. The summed E-state index contributed by atoms with van der Waals surface area (Å²) in [6.07, 6.45) is 5.22. The average molecular weight is 370 g/mol. The van der Waals surface area contributed by atoms with Crippen LogP contribution in [0.1, 0.15) is 18.9 Å². The van der Waals surface area contributed by atoms with Gasteiger partial charge in [-0.25, -0.2) is 4.79 Å². The highest BCUT2D eigenvalue weighted by atomic mass is 16.5. The van der Waals surface area contributed by atoms with E-state index in [0.29, 0.717) is 19.0 Å². The molecule has 1 N–H and O–H groups in total. The number of carbonyl (C=O) groups excluding carboxylic acids is 1. The van der Waals surface area contributed by atoms with E-state index in [-0.39, 0.29) is 6.03 Å². The maximum Gasteiger partial charge on any atom is 0.317 e. The van der Waals surface area contributed by atoms with Crippen molar-refractivity contribution in [3.05, 3.63) is 48.3 Å². The molecular weight excluding hydrogens is 340 g/mol. The Bertz CT molecular complexity index is 758. The SMILES string of the molecule is CCn1ccc(CN(C)C(=O)NC[C@@H]2CCN(c3cccc(OC)c3)C2)c1. The Balaban J connectivity index is 1.45. The normalized spacial score (nSPS) is 16.4. The van der Waals surface area contributed by atoms with Crippen LogP contribution in [0.5, 0.6) is 5.75 Å². The van der Waals surface area contributed by atoms with Crippen LogP contribution in [0.4, 0.5) is 10.5 Å². The summed E-state index contributed by atoms with van der Waals surface area (Å²) in [5.74, 6) is 1.34. The van der Waals surface area contributed by atoms with Gasteiger partial charge in [0.25, 0.3) is 0 Å². The maximum atomic E-state index is 12.4. The van der Waals surface area contributed by atoms with Gasteiger partial charge in [0, 0.05) is 63.9 Å². The molecule has 1 aromatic carbocycles. The van der Waals surface area contributed by atoms with Crippen molar-refractivity contribution >= 4 is 11.7 Å². The lowest BCUT2D eigenvalue weighted by Crippen LogP contribution is -2.39. The van der Waals surface area contributed by atoms with Gasteiger partial charge in [0.2, 0.25) is 0 Å². The molecule has 1 fully saturated rings. The van der Waals surface area contributed by atoms with Crippen molar-refractivity contribution in [3.63, 3.8) is 0 Å². The van der Waals surface area contributed by atoms with Crippen molar-refractivity contribution in [2.45, 2.75) is 26.4 Å². The number of aryl methyl sites for hydroxylation is 1. The van der Waals surface area contributed by atoms with E-state index >= 15 is 0 Å². The second-order valence-corrected chi connectivity index (χ2v) is 7.19. The zero-order chi connectivity index (χ0) is 19.2. The van der Waals surface area contributed by atoms with Crippen LogP contribution in [-0.2, 0) is 13.1 Å². The van der Waals surface area contributed by atoms with E-state index < -0.39 is 0 Å². The van der Waals surface area contributed by atoms with Gasteiger partial charge < -0.3 is 24.4 Å². The number of methoxy groups -OCH3 is 1. The van der Waals surface area contributed by atoms with Gasteiger partial charge in [-0.3, -0.25) is 0 Å². The molecule has 1 aliphatic rings. The minimum atomic E-state index is -0.0147. The molecule has 2 amide bonds. The summed E-state index contributed by atoms with van der Waals surface area (Å²) in [6.45, 7) is 6.35. The summed E-state index contributed by atoms with van der Waals surface area (Å²) < 4.78 is 7.43. The Morgan fingerprint density at radius 2 is 2.22 bits per heavy atom. The molecule has 6 nitrogen and oxygen atoms in total. The molecule has 0 bridgehead atoms. The van der Waals surface area contributed by atoms with Gasteiger partial charge in [-0.15, -0.1) is 0 Å². The Kier molecular flexibility index (Phi) is 6.27. The number of urea groups is 1. The highest BCUT2D eigenvalue weighted by molar-refractivity contribution is 5.73. The number of hydrogen-bond acceptors (Lipinski definition) is 3. The fourth-order valence-corrected chi connectivity index (χ4v) is 3.53. The highest BCUT2D eigenvalue weighted by Gasteiger charge is 2.23. The number of rotatable bonds is 7. The van der Waals surface area contributed by atoms with Crippen LogP contribution in [-0.4, -0.2) is 49.3 Å². The third-order valence-electron chi connectivity index (χ3n) is 5.19. The van der Waals surface area contributed by atoms with Crippen LogP contribution in [0.15, 0.2) is 42.7 Å². The van der Waals surface area contributed by atoms with Crippen molar-refractivity contribution in [2.75, 3.05) is 38.7 Å². The zero-order valence-corrected chi connectivity index (χ0v) is 16.5. The zero-order valence-electron chi connectivity index (χ0n) is 16.5. The van der Waals surface area contributed by atoms with Crippen LogP contribution < -0.4 is 15.0 Å². The van der Waals surface area contributed by atoms with Crippen LogP contribution in [0.3, 0.4) is 0 Å². The molecule has 0 saturated carbocycles. The fourth-order valence-electron chi connectivity index (χ4n) is 3.53. The Hall–Kier alpha value is -2.63. The van der Waals surface area contributed by atoms with Gasteiger partial charge in [-0.05, 0) is 43.0 Å². The summed E-state index contributed by atoms with van der Waals surface area (Å²) in [6, 6.07) is 10.2. The van der Waals surface area contributed by atoms with Gasteiger partial charge in [-0.1, -0.05) is 6.07 Å². The first-order valence-corrected chi connectivity index (χ1v) is 9.61. The van der Waals surface area contributed by atoms with E-state index in [9.17, 15) is 4.79 Å². The van der Waals surface area contributed by atoms with Gasteiger partial charge in [0.05, 0.1) is 7.11 Å². The van der Waals surface area contributed by atoms with Crippen LogP contribution in [0.2, 0.25) is 0 Å². The van der Waals surface area contributed by atoms with E-state index in [1.54, 1.807) is 12.0 Å². The summed E-state index contributed by atoms with van der Waals surface area (Å²) in [5.41, 5.74) is 2.33. The topological polar surface area (TPSA) is 49.7 Å².